The standard InChI is InChI=1S/C24H25N3O8S2/c1-2-33-22(28)15-27-18-13-19-20(35-12-11-34-19)14-21(18)36-24(27)25-23(29)16-3-5-17(6-4-16)37(30,31)26-7-9-32-10-8-26/h3-6,13-14H,2,7-12,15H2,1H3. The van der Waals surface area contributed by atoms with Crippen molar-refractivity contribution in [1.82, 2.24) is 8.87 Å². The van der Waals surface area contributed by atoms with Gasteiger partial charge in [-0.2, -0.15) is 9.30 Å². The van der Waals surface area contributed by atoms with Crippen LogP contribution >= 0.6 is 11.3 Å². The number of morpholine rings is 1. The number of hydrogen-bond donors (Lipinski definition) is 0. The summed E-state index contributed by atoms with van der Waals surface area (Å²) in [7, 11) is -3.68. The maximum Gasteiger partial charge on any atom is 0.326 e. The third-order valence-electron chi connectivity index (χ3n) is 5.85. The lowest BCUT2D eigenvalue weighted by atomic mass is 10.2. The maximum atomic E-state index is 13.1. The molecule has 2 aromatic carbocycles. The molecule has 0 aliphatic carbocycles. The number of ether oxygens (including phenoxy) is 4. The van der Waals surface area contributed by atoms with E-state index in [1.807, 2.05) is 0 Å². The molecule has 0 radical (unpaired) electrons. The van der Waals surface area contributed by atoms with Crippen molar-refractivity contribution in [3.8, 4) is 11.5 Å². The number of sulfonamides is 1. The first-order valence-corrected chi connectivity index (χ1v) is 14.0. The number of thiazole rings is 1. The van der Waals surface area contributed by atoms with Gasteiger partial charge in [-0.1, -0.05) is 11.3 Å². The second-order valence-corrected chi connectivity index (χ2v) is 11.1. The normalized spacial score (nSPS) is 16.6. The van der Waals surface area contributed by atoms with Crippen molar-refractivity contribution in [2.75, 3.05) is 46.1 Å². The van der Waals surface area contributed by atoms with Crippen LogP contribution in [0.4, 0.5) is 0 Å². The fourth-order valence-electron chi connectivity index (χ4n) is 4.04. The lowest BCUT2D eigenvalue weighted by Crippen LogP contribution is -2.40. The molecule has 0 saturated carbocycles. The average molecular weight is 548 g/mol. The number of nitrogens with zero attached hydrogens (tertiary/aromatic N) is 3. The summed E-state index contributed by atoms with van der Waals surface area (Å²) < 4.78 is 51.1. The zero-order chi connectivity index (χ0) is 26.0. The van der Waals surface area contributed by atoms with Crippen LogP contribution in [0.2, 0.25) is 0 Å². The van der Waals surface area contributed by atoms with Gasteiger partial charge >= 0.3 is 5.97 Å². The minimum Gasteiger partial charge on any atom is -0.486 e. The summed E-state index contributed by atoms with van der Waals surface area (Å²) in [6.07, 6.45) is 0. The third kappa shape index (κ3) is 5.25. The second kappa shape index (κ2) is 10.6. The van der Waals surface area contributed by atoms with E-state index < -0.39 is 21.9 Å². The minimum absolute atomic E-state index is 0.0933. The minimum atomic E-state index is -3.68. The highest BCUT2D eigenvalue weighted by Crippen LogP contribution is 2.35. The maximum absolute atomic E-state index is 13.1. The van der Waals surface area contributed by atoms with E-state index >= 15 is 0 Å². The molecule has 5 rings (SSSR count). The molecule has 3 heterocycles. The summed E-state index contributed by atoms with van der Waals surface area (Å²) in [4.78, 5) is 30.0. The Morgan fingerprint density at radius 2 is 1.70 bits per heavy atom. The molecule has 1 amide bonds. The highest BCUT2D eigenvalue weighted by Gasteiger charge is 2.26. The Morgan fingerprint density at radius 3 is 2.38 bits per heavy atom. The molecule has 196 valence electrons. The summed E-state index contributed by atoms with van der Waals surface area (Å²) in [5, 5.41) is 0. The molecule has 0 atom stereocenters. The molecule has 11 nitrogen and oxygen atoms in total. The van der Waals surface area contributed by atoms with Crippen molar-refractivity contribution in [3.05, 3.63) is 46.8 Å². The number of fused-ring (bicyclic) bond motifs is 2. The first kappa shape index (κ1) is 25.4. The van der Waals surface area contributed by atoms with Crippen molar-refractivity contribution in [1.29, 1.82) is 0 Å². The lowest BCUT2D eigenvalue weighted by molar-refractivity contribution is -0.143. The van der Waals surface area contributed by atoms with Gasteiger partial charge in [-0.15, -0.1) is 0 Å². The Morgan fingerprint density at radius 1 is 1.03 bits per heavy atom. The van der Waals surface area contributed by atoms with Crippen LogP contribution < -0.4 is 14.3 Å². The predicted molar refractivity (Wildman–Crippen MR) is 133 cm³/mol. The van der Waals surface area contributed by atoms with E-state index in [4.69, 9.17) is 18.9 Å². The van der Waals surface area contributed by atoms with Gasteiger partial charge in [-0.3, -0.25) is 9.59 Å². The van der Waals surface area contributed by atoms with Gasteiger partial charge in [0.1, 0.15) is 19.8 Å². The number of rotatable bonds is 6. The van der Waals surface area contributed by atoms with E-state index in [0.717, 1.165) is 4.70 Å². The monoisotopic (exact) mass is 547 g/mol. The molecule has 0 bridgehead atoms. The molecule has 37 heavy (non-hydrogen) atoms. The molecule has 1 aromatic heterocycles. The molecule has 1 fully saturated rings. The number of esters is 1. The van der Waals surface area contributed by atoms with Crippen LogP contribution in [0.15, 0.2) is 46.3 Å². The first-order chi connectivity index (χ1) is 17.9. The van der Waals surface area contributed by atoms with Gasteiger partial charge in [0.15, 0.2) is 16.3 Å². The van der Waals surface area contributed by atoms with Gasteiger partial charge in [-0.25, -0.2) is 8.42 Å². The van der Waals surface area contributed by atoms with Crippen molar-refractivity contribution in [2.24, 2.45) is 4.99 Å². The summed E-state index contributed by atoms with van der Waals surface area (Å²) in [5.74, 6) is 0.0859. The van der Waals surface area contributed by atoms with Crippen molar-refractivity contribution in [2.45, 2.75) is 18.4 Å². The van der Waals surface area contributed by atoms with Crippen molar-refractivity contribution >= 4 is 43.5 Å². The molecule has 0 N–H and O–H groups in total. The summed E-state index contributed by atoms with van der Waals surface area (Å²) in [6.45, 7) is 3.89. The Hall–Kier alpha value is -3.26. The van der Waals surface area contributed by atoms with E-state index in [1.165, 1.54) is 39.9 Å². The number of carbonyl (C=O) groups is 2. The van der Waals surface area contributed by atoms with Gasteiger partial charge in [0.05, 0.1) is 34.9 Å². The van der Waals surface area contributed by atoms with E-state index in [0.29, 0.717) is 48.2 Å². The number of hydrogen-bond acceptors (Lipinski definition) is 9. The Kier molecular flexibility index (Phi) is 7.29. The molecular weight excluding hydrogens is 522 g/mol. The molecular formula is C24H25N3O8S2. The molecule has 0 spiro atoms. The van der Waals surface area contributed by atoms with Crippen LogP contribution in [0.25, 0.3) is 10.2 Å². The van der Waals surface area contributed by atoms with Crippen molar-refractivity contribution in [3.63, 3.8) is 0 Å². The molecule has 2 aliphatic heterocycles. The van der Waals surface area contributed by atoms with Crippen LogP contribution in [-0.2, 0) is 30.8 Å². The number of carbonyl (C=O) groups excluding carboxylic acids is 2. The SMILES string of the molecule is CCOC(=O)Cn1c(=NC(=O)c2ccc(S(=O)(=O)N3CCOCC3)cc2)sc2cc3c(cc21)OCCO3. The van der Waals surface area contributed by atoms with E-state index in [1.54, 1.807) is 23.6 Å². The van der Waals surface area contributed by atoms with E-state index in [9.17, 15) is 18.0 Å². The topological polar surface area (TPSA) is 126 Å². The summed E-state index contributed by atoms with van der Waals surface area (Å²) in [5.41, 5.74) is 0.868. The van der Waals surface area contributed by atoms with Gasteiger partial charge in [0.25, 0.3) is 5.91 Å². The van der Waals surface area contributed by atoms with Gasteiger partial charge in [0.2, 0.25) is 10.0 Å². The van der Waals surface area contributed by atoms with E-state index in [-0.39, 0.29) is 36.7 Å². The van der Waals surface area contributed by atoms with Crippen LogP contribution in [0.3, 0.4) is 0 Å². The summed E-state index contributed by atoms with van der Waals surface area (Å²) in [6, 6.07) is 9.21. The fraction of sp³-hybridized carbons (Fsp3) is 0.375. The highest BCUT2D eigenvalue weighted by molar-refractivity contribution is 7.89. The van der Waals surface area contributed by atoms with Gasteiger partial charge < -0.3 is 23.5 Å². The molecule has 13 heteroatoms. The molecule has 0 unspecified atom stereocenters. The zero-order valence-corrected chi connectivity index (χ0v) is 21.7. The van der Waals surface area contributed by atoms with Crippen LogP contribution in [0.5, 0.6) is 11.5 Å². The highest BCUT2D eigenvalue weighted by atomic mass is 32.2. The number of benzene rings is 2. The number of aromatic nitrogens is 1. The first-order valence-electron chi connectivity index (χ1n) is 11.7. The zero-order valence-electron chi connectivity index (χ0n) is 20.0. The molecule has 3 aromatic rings. The second-order valence-electron chi connectivity index (χ2n) is 8.20. The van der Waals surface area contributed by atoms with Gasteiger partial charge in [0, 0.05) is 30.8 Å². The quantitative estimate of drug-likeness (QED) is 0.428. The molecule has 2 aliphatic rings. The van der Waals surface area contributed by atoms with Crippen LogP contribution in [-0.4, -0.2) is 75.3 Å². The van der Waals surface area contributed by atoms with Gasteiger partial charge in [-0.05, 0) is 31.2 Å². The lowest BCUT2D eigenvalue weighted by Gasteiger charge is -2.26. The Balaban J connectivity index is 1.49. The number of amides is 1. The van der Waals surface area contributed by atoms with Crippen LogP contribution in [0.1, 0.15) is 17.3 Å². The van der Waals surface area contributed by atoms with Crippen molar-refractivity contribution < 1.29 is 37.0 Å². The summed E-state index contributed by atoms with van der Waals surface area (Å²) >= 11 is 1.22. The third-order valence-corrected chi connectivity index (χ3v) is 8.80. The van der Waals surface area contributed by atoms with Crippen LogP contribution in [0, 0.1) is 0 Å². The Bertz CT molecular complexity index is 1500. The predicted octanol–water partition coefficient (Wildman–Crippen LogP) is 1.80. The molecule has 1 saturated heterocycles. The largest absolute Gasteiger partial charge is 0.486 e. The smallest absolute Gasteiger partial charge is 0.326 e. The van der Waals surface area contributed by atoms with E-state index in [2.05, 4.69) is 4.99 Å². The fourth-order valence-corrected chi connectivity index (χ4v) is 6.48. The average Bonchev–Trinajstić information content (AvgIpc) is 3.23. The Labute approximate surface area is 216 Å².